The van der Waals surface area contributed by atoms with Crippen molar-refractivity contribution in [3.05, 3.63) is 46.2 Å². The number of nitrogens with one attached hydrogen (secondary N) is 1. The molecule has 104 valence electrons. The summed E-state index contributed by atoms with van der Waals surface area (Å²) >= 11 is 1.22. The van der Waals surface area contributed by atoms with E-state index in [-0.39, 0.29) is 12.2 Å². The summed E-state index contributed by atoms with van der Waals surface area (Å²) in [7, 11) is 0. The highest BCUT2D eigenvalue weighted by Crippen LogP contribution is 2.20. The number of ether oxygens (including phenoxy) is 1. The van der Waals surface area contributed by atoms with Crippen LogP contribution in [0.5, 0.6) is 5.75 Å². The van der Waals surface area contributed by atoms with Crippen molar-refractivity contribution in [2.45, 2.75) is 6.92 Å². The van der Waals surface area contributed by atoms with E-state index < -0.39 is 11.9 Å². The molecule has 20 heavy (non-hydrogen) atoms. The van der Waals surface area contributed by atoms with Crippen LogP contribution in [-0.2, 0) is 4.79 Å². The van der Waals surface area contributed by atoms with Crippen LogP contribution in [0, 0.1) is 6.92 Å². The van der Waals surface area contributed by atoms with Crippen LogP contribution in [0.3, 0.4) is 0 Å². The standard InChI is InChI=1S/C14H13NO4S/c1-9-3-2-4-10(5-9)19-6-13(16)15-12-8-20-7-11(12)14(17)18/h2-5,7-8H,6H2,1H3,(H,15,16)(H,17,18). The first-order chi connectivity index (χ1) is 9.56. The molecule has 1 amide bonds. The number of thiophene rings is 1. The van der Waals surface area contributed by atoms with Gasteiger partial charge < -0.3 is 15.2 Å². The van der Waals surface area contributed by atoms with Crippen LogP contribution in [-0.4, -0.2) is 23.6 Å². The van der Waals surface area contributed by atoms with Crippen molar-refractivity contribution in [2.75, 3.05) is 11.9 Å². The Bertz CT molecular complexity index is 636. The molecule has 0 aliphatic carbocycles. The number of benzene rings is 1. The normalized spacial score (nSPS) is 10.1. The predicted octanol–water partition coefficient (Wildman–Crippen LogP) is 2.77. The number of aromatic carboxylic acids is 1. The van der Waals surface area contributed by atoms with Crippen molar-refractivity contribution >= 4 is 28.9 Å². The lowest BCUT2D eigenvalue weighted by Crippen LogP contribution is -2.21. The lowest BCUT2D eigenvalue weighted by Gasteiger charge is -2.07. The van der Waals surface area contributed by atoms with Crippen LogP contribution in [0.4, 0.5) is 5.69 Å². The monoisotopic (exact) mass is 291 g/mol. The number of amides is 1. The number of rotatable bonds is 5. The molecule has 1 aromatic carbocycles. The van der Waals surface area contributed by atoms with Gasteiger partial charge in [-0.1, -0.05) is 12.1 Å². The lowest BCUT2D eigenvalue weighted by atomic mass is 10.2. The van der Waals surface area contributed by atoms with Crippen molar-refractivity contribution < 1.29 is 19.4 Å². The third-order valence-corrected chi connectivity index (χ3v) is 3.27. The van der Waals surface area contributed by atoms with Crippen LogP contribution in [0.15, 0.2) is 35.0 Å². The Morgan fingerprint density at radius 2 is 2.15 bits per heavy atom. The highest BCUT2D eigenvalue weighted by molar-refractivity contribution is 7.08. The van der Waals surface area contributed by atoms with Gasteiger partial charge in [-0.3, -0.25) is 4.79 Å². The molecular formula is C14H13NO4S. The second kappa shape index (κ2) is 6.21. The summed E-state index contributed by atoms with van der Waals surface area (Å²) in [6, 6.07) is 7.34. The number of carbonyl (C=O) groups is 2. The molecule has 2 rings (SSSR count). The molecule has 0 atom stereocenters. The average Bonchev–Trinajstić information content (AvgIpc) is 2.85. The molecule has 0 saturated carbocycles. The summed E-state index contributed by atoms with van der Waals surface area (Å²) in [4.78, 5) is 22.6. The maximum Gasteiger partial charge on any atom is 0.338 e. The number of aryl methyl sites for hydroxylation is 1. The minimum absolute atomic E-state index is 0.0823. The predicted molar refractivity (Wildman–Crippen MR) is 76.6 cm³/mol. The maximum absolute atomic E-state index is 11.7. The summed E-state index contributed by atoms with van der Waals surface area (Å²) in [5.41, 5.74) is 1.41. The SMILES string of the molecule is Cc1cccc(OCC(=O)Nc2cscc2C(=O)O)c1. The molecule has 2 N–H and O–H groups in total. The molecule has 0 spiro atoms. The van der Waals surface area contributed by atoms with Crippen LogP contribution in [0.25, 0.3) is 0 Å². The van der Waals surface area contributed by atoms with Gasteiger partial charge in [-0.15, -0.1) is 11.3 Å². The molecule has 6 heteroatoms. The first kappa shape index (κ1) is 14.1. The zero-order chi connectivity index (χ0) is 14.5. The lowest BCUT2D eigenvalue weighted by molar-refractivity contribution is -0.118. The van der Waals surface area contributed by atoms with Gasteiger partial charge in [0.05, 0.1) is 11.3 Å². The summed E-state index contributed by atoms with van der Waals surface area (Å²) in [5.74, 6) is -0.863. The van der Waals surface area contributed by atoms with E-state index >= 15 is 0 Å². The van der Waals surface area contributed by atoms with Crippen molar-refractivity contribution in [3.8, 4) is 5.75 Å². The van der Waals surface area contributed by atoms with Crippen LogP contribution in [0.1, 0.15) is 15.9 Å². The number of carbonyl (C=O) groups excluding carboxylic acids is 1. The van der Waals surface area contributed by atoms with Crippen molar-refractivity contribution in [3.63, 3.8) is 0 Å². The van der Waals surface area contributed by atoms with Crippen LogP contribution in [0.2, 0.25) is 0 Å². The fourth-order valence-corrected chi connectivity index (χ4v) is 2.35. The van der Waals surface area contributed by atoms with Crippen molar-refractivity contribution in [1.29, 1.82) is 0 Å². The number of carboxylic acids is 1. The van der Waals surface area contributed by atoms with Gasteiger partial charge in [0.2, 0.25) is 0 Å². The Kier molecular flexibility index (Phi) is 4.37. The van der Waals surface area contributed by atoms with Crippen molar-refractivity contribution in [1.82, 2.24) is 0 Å². The summed E-state index contributed by atoms with van der Waals surface area (Å²) < 4.78 is 5.34. The zero-order valence-corrected chi connectivity index (χ0v) is 11.6. The van der Waals surface area contributed by atoms with E-state index in [0.717, 1.165) is 5.56 Å². The van der Waals surface area contributed by atoms with Gasteiger partial charge in [0.1, 0.15) is 5.75 Å². The van der Waals surface area contributed by atoms with E-state index in [1.165, 1.54) is 16.7 Å². The van der Waals surface area contributed by atoms with E-state index in [0.29, 0.717) is 11.4 Å². The number of hydrogen-bond donors (Lipinski definition) is 2. The summed E-state index contributed by atoms with van der Waals surface area (Å²) in [6.07, 6.45) is 0. The molecule has 5 nitrogen and oxygen atoms in total. The Balaban J connectivity index is 1.93. The van der Waals surface area contributed by atoms with E-state index in [4.69, 9.17) is 9.84 Å². The van der Waals surface area contributed by atoms with Gasteiger partial charge in [-0.05, 0) is 24.6 Å². The van der Waals surface area contributed by atoms with E-state index in [2.05, 4.69) is 5.32 Å². The summed E-state index contributed by atoms with van der Waals surface area (Å²) in [6.45, 7) is 1.76. The smallest absolute Gasteiger partial charge is 0.338 e. The topological polar surface area (TPSA) is 75.6 Å². The Morgan fingerprint density at radius 3 is 2.85 bits per heavy atom. The number of anilines is 1. The first-order valence-corrected chi connectivity index (χ1v) is 6.79. The van der Waals surface area contributed by atoms with E-state index in [1.54, 1.807) is 11.4 Å². The molecule has 0 radical (unpaired) electrons. The quantitative estimate of drug-likeness (QED) is 0.888. The number of hydrogen-bond acceptors (Lipinski definition) is 4. The fraction of sp³-hybridized carbons (Fsp3) is 0.143. The second-order valence-corrected chi connectivity index (χ2v) is 4.90. The number of carboxylic acid groups (broad SMARTS) is 1. The molecular weight excluding hydrogens is 278 g/mol. The minimum Gasteiger partial charge on any atom is -0.484 e. The Morgan fingerprint density at radius 1 is 1.35 bits per heavy atom. The van der Waals surface area contributed by atoms with Gasteiger partial charge in [-0.2, -0.15) is 0 Å². The third kappa shape index (κ3) is 3.58. The molecule has 0 saturated heterocycles. The van der Waals surface area contributed by atoms with Crippen molar-refractivity contribution in [2.24, 2.45) is 0 Å². The van der Waals surface area contributed by atoms with Gasteiger partial charge in [-0.25, -0.2) is 4.79 Å². The maximum atomic E-state index is 11.7. The highest BCUT2D eigenvalue weighted by Gasteiger charge is 2.13. The molecule has 0 unspecified atom stereocenters. The molecule has 2 aromatic rings. The van der Waals surface area contributed by atoms with Gasteiger partial charge in [0.15, 0.2) is 6.61 Å². The fourth-order valence-electron chi connectivity index (χ4n) is 1.60. The van der Waals surface area contributed by atoms with Crippen LogP contribution >= 0.6 is 11.3 Å². The summed E-state index contributed by atoms with van der Waals surface area (Å²) in [5, 5.41) is 14.5. The zero-order valence-electron chi connectivity index (χ0n) is 10.8. The molecule has 0 aliphatic heterocycles. The molecule has 1 aromatic heterocycles. The van der Waals surface area contributed by atoms with Gasteiger partial charge >= 0.3 is 5.97 Å². The Hall–Kier alpha value is -2.34. The van der Waals surface area contributed by atoms with E-state index in [1.807, 2.05) is 25.1 Å². The molecule has 0 aliphatic rings. The largest absolute Gasteiger partial charge is 0.484 e. The van der Waals surface area contributed by atoms with Crippen LogP contribution < -0.4 is 10.1 Å². The van der Waals surface area contributed by atoms with Gasteiger partial charge in [0, 0.05) is 10.8 Å². The highest BCUT2D eigenvalue weighted by atomic mass is 32.1. The molecule has 0 bridgehead atoms. The van der Waals surface area contributed by atoms with E-state index in [9.17, 15) is 9.59 Å². The minimum atomic E-state index is -1.07. The first-order valence-electron chi connectivity index (χ1n) is 5.85. The third-order valence-electron chi connectivity index (χ3n) is 2.53. The second-order valence-electron chi connectivity index (χ2n) is 4.16. The average molecular weight is 291 g/mol. The Labute approximate surface area is 119 Å². The van der Waals surface area contributed by atoms with Gasteiger partial charge in [0.25, 0.3) is 5.91 Å². The molecule has 0 fully saturated rings. The molecule has 1 heterocycles.